The maximum atomic E-state index is 5.65. The summed E-state index contributed by atoms with van der Waals surface area (Å²) in [7, 11) is 0.147. The topological polar surface area (TPSA) is 18.5 Å². The van der Waals surface area contributed by atoms with Gasteiger partial charge in [-0.05, 0) is 12.3 Å². The van der Waals surface area contributed by atoms with E-state index in [0.29, 0.717) is 0 Å². The summed E-state index contributed by atoms with van der Waals surface area (Å²) in [5.41, 5.74) is 2.47. The molecule has 2 nitrogen and oxygen atoms in total. The second kappa shape index (κ2) is 8.05. The molecule has 0 amide bonds. The Kier molecular flexibility index (Phi) is 7.50. The molecule has 0 saturated carbocycles. The Morgan fingerprint density at radius 2 is 1.47 bits per heavy atom. The minimum atomic E-state index is -0.0466. The van der Waals surface area contributed by atoms with E-state index in [0.717, 1.165) is 36.8 Å². The Labute approximate surface area is 109 Å². The molecular weight excluding hydrogens is 250 g/mol. The van der Waals surface area contributed by atoms with Gasteiger partial charge in [0.05, 0.1) is 19.8 Å². The standard InChI is InChI=1S/C11H22O2P2.C2H6/c1-9-6-12-7-10(2)14(9)4-5-15-11(3)8-13-15;1-2/h9-11H,4-8H2,1-3H3;1-2H3/t9-,10-,11-,15?;/m1./s1. The van der Waals surface area contributed by atoms with Gasteiger partial charge in [0.1, 0.15) is 0 Å². The minimum Gasteiger partial charge on any atom is -0.380 e. The van der Waals surface area contributed by atoms with Gasteiger partial charge in [-0.15, -0.1) is 0 Å². The molecule has 0 bridgehead atoms. The minimum absolute atomic E-state index is 0.0466. The van der Waals surface area contributed by atoms with E-state index in [-0.39, 0.29) is 16.1 Å². The summed E-state index contributed by atoms with van der Waals surface area (Å²) >= 11 is 0. The molecule has 0 aliphatic carbocycles. The van der Waals surface area contributed by atoms with Gasteiger partial charge in [-0.3, -0.25) is 0 Å². The van der Waals surface area contributed by atoms with Gasteiger partial charge in [-0.2, -0.15) is 0 Å². The predicted octanol–water partition coefficient (Wildman–Crippen LogP) is 4.12. The molecule has 2 aliphatic rings. The molecule has 2 rings (SSSR count). The summed E-state index contributed by atoms with van der Waals surface area (Å²) < 4.78 is 11.2. The highest BCUT2D eigenvalue weighted by molar-refractivity contribution is 7.61. The van der Waals surface area contributed by atoms with Crippen LogP contribution in [0.15, 0.2) is 0 Å². The molecule has 17 heavy (non-hydrogen) atoms. The first-order valence-electron chi connectivity index (χ1n) is 6.91. The lowest BCUT2D eigenvalue weighted by molar-refractivity contribution is 0.128. The molecule has 0 radical (unpaired) electrons. The Morgan fingerprint density at radius 1 is 0.882 bits per heavy atom. The molecule has 0 aromatic heterocycles. The molecular formula is C13H28O2P2. The summed E-state index contributed by atoms with van der Waals surface area (Å²) in [4.78, 5) is 0. The van der Waals surface area contributed by atoms with Crippen LogP contribution in [-0.4, -0.2) is 49.1 Å². The van der Waals surface area contributed by atoms with Crippen LogP contribution in [0.4, 0.5) is 0 Å². The average molecular weight is 278 g/mol. The molecule has 2 saturated heterocycles. The summed E-state index contributed by atoms with van der Waals surface area (Å²) in [6.45, 7) is 14.0. The lowest BCUT2D eigenvalue weighted by Gasteiger charge is -2.39. The van der Waals surface area contributed by atoms with Gasteiger partial charge in [0, 0.05) is 25.1 Å². The first-order valence-corrected chi connectivity index (χ1v) is 10.1. The lowest BCUT2D eigenvalue weighted by atomic mass is 10.4. The zero-order valence-corrected chi connectivity index (χ0v) is 13.8. The monoisotopic (exact) mass is 278 g/mol. The highest BCUT2D eigenvalue weighted by atomic mass is 31.1. The van der Waals surface area contributed by atoms with E-state index in [4.69, 9.17) is 9.26 Å². The smallest absolute Gasteiger partial charge is 0.0595 e. The van der Waals surface area contributed by atoms with Crippen molar-refractivity contribution in [1.82, 2.24) is 0 Å². The average Bonchev–Trinajstić information content (AvgIpc) is 2.33. The van der Waals surface area contributed by atoms with Crippen LogP contribution in [-0.2, 0) is 9.26 Å². The van der Waals surface area contributed by atoms with Crippen molar-refractivity contribution in [3.8, 4) is 0 Å². The quantitative estimate of drug-likeness (QED) is 0.723. The maximum absolute atomic E-state index is 5.65. The van der Waals surface area contributed by atoms with Crippen LogP contribution in [0.1, 0.15) is 34.6 Å². The largest absolute Gasteiger partial charge is 0.380 e. The van der Waals surface area contributed by atoms with E-state index in [1.807, 2.05) is 13.8 Å². The molecule has 2 fully saturated rings. The van der Waals surface area contributed by atoms with Crippen molar-refractivity contribution < 1.29 is 9.26 Å². The third-order valence-electron chi connectivity index (χ3n) is 3.40. The third kappa shape index (κ3) is 4.43. The number of hydrogen-bond donors (Lipinski definition) is 0. The molecule has 2 heterocycles. The van der Waals surface area contributed by atoms with Crippen molar-refractivity contribution in [2.24, 2.45) is 0 Å². The lowest BCUT2D eigenvalue weighted by Crippen LogP contribution is -2.30. The SMILES string of the molecule is CC.C[C@@H]1COP1CCP1[C@H](C)COC[C@H]1C. The van der Waals surface area contributed by atoms with E-state index in [9.17, 15) is 0 Å². The molecule has 102 valence electrons. The molecule has 0 aromatic carbocycles. The molecule has 2 aliphatic heterocycles. The van der Waals surface area contributed by atoms with Crippen LogP contribution in [0, 0.1) is 0 Å². The summed E-state index contributed by atoms with van der Waals surface area (Å²) in [6, 6.07) is 0. The van der Waals surface area contributed by atoms with Crippen LogP contribution in [0.2, 0.25) is 0 Å². The Bertz CT molecular complexity index is 204. The van der Waals surface area contributed by atoms with Gasteiger partial charge in [0.25, 0.3) is 0 Å². The fourth-order valence-corrected chi connectivity index (χ4v) is 7.59. The zero-order chi connectivity index (χ0) is 12.8. The summed E-state index contributed by atoms with van der Waals surface area (Å²) in [5.74, 6) is 0. The van der Waals surface area contributed by atoms with Gasteiger partial charge in [-0.1, -0.05) is 42.5 Å². The second-order valence-corrected chi connectivity index (χ2v) is 10.4. The first kappa shape index (κ1) is 15.8. The predicted molar refractivity (Wildman–Crippen MR) is 80.1 cm³/mol. The van der Waals surface area contributed by atoms with Gasteiger partial charge in [0.2, 0.25) is 0 Å². The normalized spacial score (nSPS) is 37.9. The van der Waals surface area contributed by atoms with Crippen molar-refractivity contribution in [3.05, 3.63) is 0 Å². The Hall–Kier alpha value is 0.780. The molecule has 4 heteroatoms. The Balaban J connectivity index is 0.000000686. The van der Waals surface area contributed by atoms with Crippen molar-refractivity contribution in [2.75, 3.05) is 32.1 Å². The molecule has 4 atom stereocenters. The summed E-state index contributed by atoms with van der Waals surface area (Å²) in [6.07, 6.45) is 2.76. The second-order valence-electron chi connectivity index (χ2n) is 4.76. The van der Waals surface area contributed by atoms with Crippen LogP contribution in [0.5, 0.6) is 0 Å². The van der Waals surface area contributed by atoms with Crippen LogP contribution in [0.3, 0.4) is 0 Å². The highest BCUT2D eigenvalue weighted by Gasteiger charge is 2.32. The Morgan fingerprint density at radius 3 is 1.88 bits per heavy atom. The van der Waals surface area contributed by atoms with E-state index in [1.165, 1.54) is 12.3 Å². The maximum Gasteiger partial charge on any atom is 0.0595 e. The molecule has 0 aromatic rings. The van der Waals surface area contributed by atoms with Crippen LogP contribution >= 0.6 is 16.1 Å². The molecule has 0 N–H and O–H groups in total. The van der Waals surface area contributed by atoms with E-state index < -0.39 is 0 Å². The van der Waals surface area contributed by atoms with Crippen LogP contribution in [0.25, 0.3) is 0 Å². The number of ether oxygens (including phenoxy) is 1. The molecule has 1 unspecified atom stereocenters. The highest BCUT2D eigenvalue weighted by Crippen LogP contribution is 2.56. The van der Waals surface area contributed by atoms with Crippen molar-refractivity contribution >= 4 is 16.1 Å². The fourth-order valence-electron chi connectivity index (χ4n) is 2.30. The molecule has 0 spiro atoms. The fraction of sp³-hybridized carbons (Fsp3) is 1.00. The van der Waals surface area contributed by atoms with E-state index in [2.05, 4.69) is 20.8 Å². The summed E-state index contributed by atoms with van der Waals surface area (Å²) in [5, 5.41) is 0. The van der Waals surface area contributed by atoms with Crippen molar-refractivity contribution in [2.45, 2.75) is 51.6 Å². The number of hydrogen-bond acceptors (Lipinski definition) is 2. The van der Waals surface area contributed by atoms with Gasteiger partial charge >= 0.3 is 0 Å². The number of rotatable bonds is 3. The van der Waals surface area contributed by atoms with Crippen molar-refractivity contribution in [1.29, 1.82) is 0 Å². The van der Waals surface area contributed by atoms with Gasteiger partial charge < -0.3 is 9.26 Å². The third-order valence-corrected chi connectivity index (χ3v) is 9.34. The van der Waals surface area contributed by atoms with Gasteiger partial charge in [-0.25, -0.2) is 0 Å². The van der Waals surface area contributed by atoms with E-state index >= 15 is 0 Å². The van der Waals surface area contributed by atoms with Gasteiger partial charge in [0.15, 0.2) is 0 Å². The first-order chi connectivity index (χ1) is 8.18. The van der Waals surface area contributed by atoms with Crippen LogP contribution < -0.4 is 0 Å². The zero-order valence-electron chi connectivity index (χ0n) is 12.0. The van der Waals surface area contributed by atoms with E-state index in [1.54, 1.807) is 0 Å². The van der Waals surface area contributed by atoms with Crippen molar-refractivity contribution in [3.63, 3.8) is 0 Å².